The van der Waals surface area contributed by atoms with E-state index in [1.807, 2.05) is 0 Å². The molecule has 0 saturated carbocycles. The Balaban J connectivity index is 2.67. The fourth-order valence-electron chi connectivity index (χ4n) is 1.07. The highest BCUT2D eigenvalue weighted by molar-refractivity contribution is 6.03. The van der Waals surface area contributed by atoms with E-state index in [1.54, 1.807) is 0 Å². The van der Waals surface area contributed by atoms with Gasteiger partial charge in [-0.3, -0.25) is 10.1 Å². The molecule has 1 heterocycles. The quantitative estimate of drug-likeness (QED) is 0.448. The van der Waals surface area contributed by atoms with Crippen molar-refractivity contribution in [2.24, 2.45) is 0 Å². The molecule has 72 valence electrons. The number of ether oxygens (including phenoxy) is 1. The third-order valence-corrected chi connectivity index (χ3v) is 1.83. The van der Waals surface area contributed by atoms with Crippen LogP contribution in [0.3, 0.4) is 0 Å². The third kappa shape index (κ3) is 1.77. The smallest absolute Gasteiger partial charge is 0.328 e. The van der Waals surface area contributed by atoms with Crippen LogP contribution in [-0.4, -0.2) is 42.5 Å². The number of carbonyl (C=O) groups excluding carboxylic acids is 3. The molecule has 1 aliphatic rings. The molecular weight excluding hydrogens is 176 g/mol. The molecule has 0 aliphatic carbocycles. The largest absolute Gasteiger partial charge is 0.467 e. The maximum atomic E-state index is 11.0. The van der Waals surface area contributed by atoms with Crippen molar-refractivity contribution in [2.45, 2.75) is 13.0 Å². The van der Waals surface area contributed by atoms with Crippen molar-refractivity contribution in [3.05, 3.63) is 0 Å². The SMILES string of the molecule is COC(=O)[C@H](C)N1CC(=O)NC1=O. The van der Waals surface area contributed by atoms with E-state index in [0.29, 0.717) is 0 Å². The molecule has 0 unspecified atom stereocenters. The van der Waals surface area contributed by atoms with Gasteiger partial charge in [-0.25, -0.2) is 9.59 Å². The van der Waals surface area contributed by atoms with Gasteiger partial charge in [0.05, 0.1) is 7.11 Å². The van der Waals surface area contributed by atoms with Gasteiger partial charge in [-0.15, -0.1) is 0 Å². The standard InChI is InChI=1S/C7H10N2O4/c1-4(6(11)13-2)9-3-5(10)8-7(9)12/h4H,3H2,1-2H3,(H,8,10,12)/t4-/m0/s1. The van der Waals surface area contributed by atoms with E-state index in [1.165, 1.54) is 14.0 Å². The number of hydrogen-bond acceptors (Lipinski definition) is 4. The lowest BCUT2D eigenvalue weighted by Crippen LogP contribution is -2.41. The zero-order valence-corrected chi connectivity index (χ0v) is 7.36. The highest BCUT2D eigenvalue weighted by atomic mass is 16.5. The van der Waals surface area contributed by atoms with Gasteiger partial charge in [0.1, 0.15) is 12.6 Å². The van der Waals surface area contributed by atoms with E-state index in [-0.39, 0.29) is 6.54 Å². The number of nitrogens with one attached hydrogen (secondary N) is 1. The summed E-state index contributed by atoms with van der Waals surface area (Å²) in [6.07, 6.45) is 0. The van der Waals surface area contributed by atoms with Crippen molar-refractivity contribution in [1.29, 1.82) is 0 Å². The van der Waals surface area contributed by atoms with Crippen molar-refractivity contribution in [3.63, 3.8) is 0 Å². The summed E-state index contributed by atoms with van der Waals surface area (Å²) < 4.78 is 4.44. The molecule has 1 saturated heterocycles. The molecule has 1 atom stereocenters. The maximum absolute atomic E-state index is 11.0. The van der Waals surface area contributed by atoms with Crippen LogP contribution < -0.4 is 5.32 Å². The van der Waals surface area contributed by atoms with Gasteiger partial charge in [-0.1, -0.05) is 0 Å². The number of methoxy groups -OCH3 is 1. The van der Waals surface area contributed by atoms with E-state index in [2.05, 4.69) is 10.1 Å². The third-order valence-electron chi connectivity index (χ3n) is 1.83. The predicted molar refractivity (Wildman–Crippen MR) is 41.7 cm³/mol. The summed E-state index contributed by atoms with van der Waals surface area (Å²) in [6, 6.07) is -1.28. The normalized spacial score (nSPS) is 18.5. The second kappa shape index (κ2) is 3.42. The Kier molecular flexibility index (Phi) is 2.50. The molecular formula is C7H10N2O4. The summed E-state index contributed by atoms with van der Waals surface area (Å²) in [5, 5.41) is 2.07. The lowest BCUT2D eigenvalue weighted by Gasteiger charge is -2.19. The molecule has 0 bridgehead atoms. The van der Waals surface area contributed by atoms with Crippen LogP contribution in [0.25, 0.3) is 0 Å². The first-order chi connectivity index (χ1) is 6.06. The average Bonchev–Trinajstić information content (AvgIpc) is 2.42. The topological polar surface area (TPSA) is 75.7 Å². The zero-order chi connectivity index (χ0) is 10.0. The average molecular weight is 186 g/mol. The number of nitrogens with zero attached hydrogens (tertiary/aromatic N) is 1. The van der Waals surface area contributed by atoms with Crippen LogP contribution in [-0.2, 0) is 14.3 Å². The van der Waals surface area contributed by atoms with Crippen molar-refractivity contribution in [3.8, 4) is 0 Å². The van der Waals surface area contributed by atoms with E-state index in [9.17, 15) is 14.4 Å². The number of carbonyl (C=O) groups is 3. The lowest BCUT2D eigenvalue weighted by molar-refractivity contribution is -0.145. The number of imide groups is 1. The number of rotatable bonds is 2. The first-order valence-electron chi connectivity index (χ1n) is 3.74. The summed E-state index contributed by atoms with van der Waals surface area (Å²) in [6.45, 7) is 1.42. The molecule has 1 N–H and O–H groups in total. The van der Waals surface area contributed by atoms with Gasteiger partial charge < -0.3 is 9.64 Å². The van der Waals surface area contributed by atoms with Crippen LogP contribution in [0.1, 0.15) is 6.92 Å². The molecule has 3 amide bonds. The van der Waals surface area contributed by atoms with E-state index >= 15 is 0 Å². The van der Waals surface area contributed by atoms with Crippen LogP contribution in [0.4, 0.5) is 4.79 Å². The van der Waals surface area contributed by atoms with Gasteiger partial charge in [0.2, 0.25) is 5.91 Å². The Hall–Kier alpha value is -1.59. The van der Waals surface area contributed by atoms with Crippen LogP contribution in [0.5, 0.6) is 0 Å². The fourth-order valence-corrected chi connectivity index (χ4v) is 1.07. The molecule has 1 fully saturated rings. The predicted octanol–water partition coefficient (Wildman–Crippen LogP) is -0.900. The van der Waals surface area contributed by atoms with Gasteiger partial charge in [0, 0.05) is 0 Å². The molecule has 6 heteroatoms. The van der Waals surface area contributed by atoms with Crippen molar-refractivity contribution in [2.75, 3.05) is 13.7 Å². The molecule has 0 radical (unpaired) electrons. The Labute approximate surface area is 74.8 Å². The zero-order valence-electron chi connectivity index (χ0n) is 7.36. The molecule has 0 aromatic heterocycles. The minimum Gasteiger partial charge on any atom is -0.467 e. The maximum Gasteiger partial charge on any atom is 0.328 e. The first kappa shape index (κ1) is 9.50. The molecule has 6 nitrogen and oxygen atoms in total. The Bertz CT molecular complexity index is 263. The Morgan fingerprint density at radius 2 is 2.23 bits per heavy atom. The first-order valence-corrected chi connectivity index (χ1v) is 3.74. The number of esters is 1. The lowest BCUT2D eigenvalue weighted by atomic mass is 10.3. The Morgan fingerprint density at radius 3 is 2.62 bits per heavy atom. The van der Waals surface area contributed by atoms with Gasteiger partial charge >= 0.3 is 12.0 Å². The monoisotopic (exact) mass is 186 g/mol. The van der Waals surface area contributed by atoms with Crippen LogP contribution >= 0.6 is 0 Å². The molecule has 0 aromatic rings. The van der Waals surface area contributed by atoms with Crippen molar-refractivity contribution < 1.29 is 19.1 Å². The minimum absolute atomic E-state index is 0.0882. The number of urea groups is 1. The number of amides is 3. The molecule has 0 spiro atoms. The summed E-state index contributed by atoms with van der Waals surface area (Å²) >= 11 is 0. The fraction of sp³-hybridized carbons (Fsp3) is 0.571. The summed E-state index contributed by atoms with van der Waals surface area (Å²) in [7, 11) is 1.23. The van der Waals surface area contributed by atoms with Crippen molar-refractivity contribution in [1.82, 2.24) is 10.2 Å². The van der Waals surface area contributed by atoms with Gasteiger partial charge in [0.15, 0.2) is 0 Å². The molecule has 1 rings (SSSR count). The highest BCUT2D eigenvalue weighted by Crippen LogP contribution is 2.05. The van der Waals surface area contributed by atoms with Crippen LogP contribution in [0.15, 0.2) is 0 Å². The van der Waals surface area contributed by atoms with Gasteiger partial charge in [-0.05, 0) is 6.92 Å². The van der Waals surface area contributed by atoms with Crippen LogP contribution in [0, 0.1) is 0 Å². The number of hydrogen-bond donors (Lipinski definition) is 1. The minimum atomic E-state index is -0.726. The van der Waals surface area contributed by atoms with Crippen molar-refractivity contribution >= 4 is 17.9 Å². The van der Waals surface area contributed by atoms with Gasteiger partial charge in [-0.2, -0.15) is 0 Å². The summed E-state index contributed by atoms with van der Waals surface area (Å²) in [4.78, 5) is 33.9. The molecule has 1 aliphatic heterocycles. The summed E-state index contributed by atoms with van der Waals surface area (Å²) in [5.41, 5.74) is 0. The van der Waals surface area contributed by atoms with E-state index in [4.69, 9.17) is 0 Å². The second-order valence-corrected chi connectivity index (χ2v) is 2.68. The molecule has 13 heavy (non-hydrogen) atoms. The summed E-state index contributed by atoms with van der Waals surface area (Å²) in [5.74, 6) is -0.939. The van der Waals surface area contributed by atoms with Gasteiger partial charge in [0.25, 0.3) is 0 Å². The molecule has 0 aromatic carbocycles. The van der Waals surface area contributed by atoms with Crippen LogP contribution in [0.2, 0.25) is 0 Å². The Morgan fingerprint density at radius 1 is 1.62 bits per heavy atom. The second-order valence-electron chi connectivity index (χ2n) is 2.68. The van der Waals surface area contributed by atoms with E-state index in [0.717, 1.165) is 4.90 Å². The van der Waals surface area contributed by atoms with E-state index < -0.39 is 23.9 Å². The highest BCUT2D eigenvalue weighted by Gasteiger charge is 2.34.